The van der Waals surface area contributed by atoms with E-state index in [2.05, 4.69) is 27.7 Å². The summed E-state index contributed by atoms with van der Waals surface area (Å²) in [5.41, 5.74) is 0. The molecule has 0 aliphatic carbocycles. The topological polar surface area (TPSA) is 0 Å². The van der Waals surface area contributed by atoms with Crippen LogP contribution in [0.15, 0.2) is 0 Å². The molecule has 0 saturated carbocycles. The van der Waals surface area contributed by atoms with Crippen molar-refractivity contribution < 1.29 is 0 Å². The van der Waals surface area contributed by atoms with Gasteiger partial charge in [-0.1, -0.05) is 45.4 Å². The summed E-state index contributed by atoms with van der Waals surface area (Å²) >= 11 is 0. The van der Waals surface area contributed by atoms with Gasteiger partial charge in [-0.25, -0.2) is 0 Å². The van der Waals surface area contributed by atoms with Crippen LogP contribution in [0.5, 0.6) is 0 Å². The van der Waals surface area contributed by atoms with Crippen LogP contribution in [0.1, 0.15) is 175 Å². The van der Waals surface area contributed by atoms with Gasteiger partial charge in [0.1, 0.15) is 0 Å². The van der Waals surface area contributed by atoms with E-state index in [1.807, 2.05) is 0 Å². The van der Waals surface area contributed by atoms with Gasteiger partial charge >= 0.3 is 162 Å². The molecule has 0 fully saturated rings. The van der Waals surface area contributed by atoms with Crippen molar-refractivity contribution in [2.45, 2.75) is 175 Å². The zero-order chi connectivity index (χ0) is 23.6. The Bertz CT molecular complexity index is 316. The molecule has 0 unspecified atom stereocenters. The van der Waals surface area contributed by atoms with Crippen molar-refractivity contribution in [3.63, 3.8) is 0 Å². The zero-order valence-electron chi connectivity index (χ0n) is 23.6. The molecule has 0 saturated heterocycles. The first-order valence-corrected chi connectivity index (χ1v) is 18.6. The van der Waals surface area contributed by atoms with Gasteiger partial charge in [0.05, 0.1) is 0 Å². The molecule has 0 aromatic heterocycles. The minimum absolute atomic E-state index is 0.967. The van der Waals surface area contributed by atoms with Crippen LogP contribution in [-0.2, 0) is 0 Å². The molecule has 0 bridgehead atoms. The van der Waals surface area contributed by atoms with Gasteiger partial charge in [-0.05, 0) is 0 Å². The minimum atomic E-state index is -0.967. The third kappa shape index (κ3) is 21.0. The summed E-state index contributed by atoms with van der Waals surface area (Å²) < 4.78 is 0. The summed E-state index contributed by atoms with van der Waals surface area (Å²) in [6.45, 7) is 9.50. The maximum atomic E-state index is 2.40. The van der Waals surface area contributed by atoms with Crippen LogP contribution >= 0.6 is 7.26 Å². The molecule has 0 aliphatic heterocycles. The Morgan fingerprint density at radius 1 is 0.250 bits per heavy atom. The first-order chi connectivity index (χ1) is 15.7. The van der Waals surface area contributed by atoms with Gasteiger partial charge in [0.15, 0.2) is 0 Å². The van der Waals surface area contributed by atoms with Gasteiger partial charge in [0.25, 0.3) is 0 Å². The normalized spacial score (nSPS) is 12.5. The average molecular weight is 471 g/mol. The van der Waals surface area contributed by atoms with Crippen LogP contribution < -0.4 is 0 Å². The molecular weight excluding hydrogens is 403 g/mol. The Kier molecular flexibility index (Phi) is 26.4. The predicted molar refractivity (Wildman–Crippen MR) is 157 cm³/mol. The standard InChI is InChI=1S/C31H67P/c1-5-9-13-14-15-16-17-18-19-20-21-22-23-24-25-26-27-31-32(28-10-6-2,29-11-7-3)30-12-8-4/h32H,5-31H2,1-4H3. The van der Waals surface area contributed by atoms with Crippen molar-refractivity contribution >= 4 is 7.26 Å². The SMILES string of the molecule is CCCCCCCCCCCCCCCCCCC[PH](CCCC)(CCCC)CCCC. The van der Waals surface area contributed by atoms with E-state index >= 15 is 0 Å². The van der Waals surface area contributed by atoms with Crippen molar-refractivity contribution in [3.8, 4) is 0 Å². The molecule has 0 amide bonds. The summed E-state index contributed by atoms with van der Waals surface area (Å²) in [5, 5.41) is 0. The van der Waals surface area contributed by atoms with Crippen LogP contribution in [0.2, 0.25) is 0 Å². The molecule has 196 valence electrons. The van der Waals surface area contributed by atoms with E-state index in [-0.39, 0.29) is 0 Å². The van der Waals surface area contributed by atoms with Gasteiger partial charge in [-0.2, -0.15) is 0 Å². The fraction of sp³-hybridized carbons (Fsp3) is 1.00. The number of unbranched alkanes of at least 4 members (excludes halogenated alkanes) is 19. The summed E-state index contributed by atoms with van der Waals surface area (Å²) in [5.74, 6) is 0. The van der Waals surface area contributed by atoms with Crippen molar-refractivity contribution in [1.29, 1.82) is 0 Å². The Hall–Kier alpha value is 0.430. The van der Waals surface area contributed by atoms with E-state index in [9.17, 15) is 0 Å². The van der Waals surface area contributed by atoms with E-state index < -0.39 is 7.26 Å². The Morgan fingerprint density at radius 3 is 0.750 bits per heavy atom. The van der Waals surface area contributed by atoms with Gasteiger partial charge in [0.2, 0.25) is 0 Å². The van der Waals surface area contributed by atoms with Crippen molar-refractivity contribution in [2.75, 3.05) is 24.6 Å². The van der Waals surface area contributed by atoms with Gasteiger partial charge < -0.3 is 0 Å². The van der Waals surface area contributed by atoms with E-state index in [4.69, 9.17) is 0 Å². The molecule has 0 heterocycles. The number of hydrogen-bond acceptors (Lipinski definition) is 0. The molecule has 0 radical (unpaired) electrons. The molecule has 0 aliphatic rings. The molecule has 0 rings (SSSR count). The van der Waals surface area contributed by atoms with Crippen molar-refractivity contribution in [1.82, 2.24) is 0 Å². The second-order valence-electron chi connectivity index (χ2n) is 11.2. The third-order valence-corrected chi connectivity index (χ3v) is 13.6. The third-order valence-electron chi connectivity index (χ3n) is 7.99. The Labute approximate surface area is 207 Å². The van der Waals surface area contributed by atoms with Crippen LogP contribution in [0.4, 0.5) is 0 Å². The quantitative estimate of drug-likeness (QED) is 0.0826. The van der Waals surface area contributed by atoms with Crippen LogP contribution in [-0.4, -0.2) is 24.6 Å². The van der Waals surface area contributed by atoms with E-state index in [0.29, 0.717) is 0 Å². The van der Waals surface area contributed by atoms with E-state index in [0.717, 1.165) is 0 Å². The molecular formula is C31H67P. The summed E-state index contributed by atoms with van der Waals surface area (Å²) in [4.78, 5) is 0. The molecule has 0 atom stereocenters. The Morgan fingerprint density at radius 2 is 0.469 bits per heavy atom. The molecule has 0 aromatic carbocycles. The Balaban J connectivity index is 3.67. The first-order valence-electron chi connectivity index (χ1n) is 15.7. The summed E-state index contributed by atoms with van der Waals surface area (Å²) in [6.07, 6.45) is 40.7. The van der Waals surface area contributed by atoms with E-state index in [1.165, 1.54) is 141 Å². The fourth-order valence-electron chi connectivity index (χ4n) is 5.63. The van der Waals surface area contributed by atoms with Gasteiger partial charge in [0, 0.05) is 0 Å². The number of rotatable bonds is 27. The van der Waals surface area contributed by atoms with Crippen LogP contribution in [0.3, 0.4) is 0 Å². The molecule has 1 heteroatoms. The molecule has 32 heavy (non-hydrogen) atoms. The van der Waals surface area contributed by atoms with Crippen LogP contribution in [0.25, 0.3) is 0 Å². The zero-order valence-corrected chi connectivity index (χ0v) is 24.6. The second-order valence-corrected chi connectivity index (χ2v) is 16.2. The molecule has 0 spiro atoms. The van der Waals surface area contributed by atoms with Gasteiger partial charge in [-0.3, -0.25) is 0 Å². The molecule has 0 nitrogen and oxygen atoms in total. The fourth-order valence-corrected chi connectivity index (χ4v) is 11.4. The monoisotopic (exact) mass is 470 g/mol. The van der Waals surface area contributed by atoms with Gasteiger partial charge in [-0.15, -0.1) is 0 Å². The summed E-state index contributed by atoms with van der Waals surface area (Å²) in [7, 11) is -0.967. The summed E-state index contributed by atoms with van der Waals surface area (Å²) in [6, 6.07) is 0. The average Bonchev–Trinajstić information content (AvgIpc) is 2.81. The maximum absolute atomic E-state index is 2.40. The molecule has 0 N–H and O–H groups in total. The number of hydrogen-bond donors (Lipinski definition) is 0. The first kappa shape index (κ1) is 32.4. The second kappa shape index (κ2) is 26.0. The van der Waals surface area contributed by atoms with Crippen LogP contribution in [0, 0.1) is 0 Å². The van der Waals surface area contributed by atoms with E-state index in [1.54, 1.807) is 31.1 Å². The predicted octanol–water partition coefficient (Wildman–Crippen LogP) is 11.8. The van der Waals surface area contributed by atoms with Crippen molar-refractivity contribution in [3.05, 3.63) is 0 Å². The van der Waals surface area contributed by atoms with Crippen molar-refractivity contribution in [2.24, 2.45) is 0 Å². The molecule has 0 aromatic rings.